The molecule has 0 aliphatic heterocycles. The molecule has 13 heavy (non-hydrogen) atoms. The van der Waals surface area contributed by atoms with E-state index in [0.717, 1.165) is 31.5 Å². The molecule has 0 bridgehead atoms. The van der Waals surface area contributed by atoms with Crippen molar-refractivity contribution in [1.29, 1.82) is 0 Å². The summed E-state index contributed by atoms with van der Waals surface area (Å²) in [7, 11) is 0. The van der Waals surface area contributed by atoms with Crippen LogP contribution in [0.15, 0.2) is 0 Å². The van der Waals surface area contributed by atoms with Gasteiger partial charge in [0.05, 0.1) is 0 Å². The van der Waals surface area contributed by atoms with Crippen LogP contribution >= 0.6 is 0 Å². The average molecular weight is 186 g/mol. The molecule has 0 aromatic rings. The molecule has 0 saturated carbocycles. The number of nitrogens with two attached hydrogens (primary N) is 1. The summed E-state index contributed by atoms with van der Waals surface area (Å²) in [6.07, 6.45) is 0. The van der Waals surface area contributed by atoms with E-state index in [1.54, 1.807) is 0 Å². The lowest BCUT2D eigenvalue weighted by Gasteiger charge is -2.31. The van der Waals surface area contributed by atoms with Gasteiger partial charge in [0.15, 0.2) is 0 Å². The molecule has 0 heterocycles. The predicted molar refractivity (Wildman–Crippen MR) is 59.8 cm³/mol. The van der Waals surface area contributed by atoms with Gasteiger partial charge in [0.2, 0.25) is 0 Å². The van der Waals surface area contributed by atoms with Crippen molar-refractivity contribution in [2.75, 3.05) is 19.6 Å². The van der Waals surface area contributed by atoms with E-state index in [-0.39, 0.29) is 0 Å². The Balaban J connectivity index is 4.02. The van der Waals surface area contributed by atoms with Crippen LogP contribution in [0.1, 0.15) is 34.6 Å². The summed E-state index contributed by atoms with van der Waals surface area (Å²) < 4.78 is 0. The molecular formula is C11H26N2. The molecular weight excluding hydrogens is 160 g/mol. The van der Waals surface area contributed by atoms with E-state index in [2.05, 4.69) is 39.5 Å². The lowest BCUT2D eigenvalue weighted by atomic mass is 10.1. The summed E-state index contributed by atoms with van der Waals surface area (Å²) in [4.78, 5) is 2.50. The molecule has 0 saturated heterocycles. The second-order valence-corrected chi connectivity index (χ2v) is 4.83. The molecule has 0 amide bonds. The zero-order valence-electron chi connectivity index (χ0n) is 9.88. The molecule has 0 spiro atoms. The van der Waals surface area contributed by atoms with Crippen LogP contribution < -0.4 is 5.73 Å². The van der Waals surface area contributed by atoms with Crippen molar-refractivity contribution < 1.29 is 0 Å². The molecule has 1 unspecified atom stereocenters. The van der Waals surface area contributed by atoms with E-state index in [1.165, 1.54) is 0 Å². The highest BCUT2D eigenvalue weighted by Crippen LogP contribution is 2.07. The fraction of sp³-hybridized carbons (Fsp3) is 1.00. The molecule has 0 aliphatic rings. The summed E-state index contributed by atoms with van der Waals surface area (Å²) in [5.74, 6) is 1.46. The van der Waals surface area contributed by atoms with Gasteiger partial charge in [-0.3, -0.25) is 4.90 Å². The predicted octanol–water partition coefficient (Wildman–Crippen LogP) is 1.95. The van der Waals surface area contributed by atoms with Crippen molar-refractivity contribution in [1.82, 2.24) is 4.90 Å². The van der Waals surface area contributed by atoms with Gasteiger partial charge >= 0.3 is 0 Å². The molecule has 0 aromatic carbocycles. The molecule has 2 N–H and O–H groups in total. The summed E-state index contributed by atoms with van der Waals surface area (Å²) in [5, 5.41) is 0. The minimum atomic E-state index is 0.518. The third-order valence-corrected chi connectivity index (χ3v) is 2.16. The van der Waals surface area contributed by atoms with Gasteiger partial charge in [-0.1, -0.05) is 27.7 Å². The fourth-order valence-corrected chi connectivity index (χ4v) is 1.52. The lowest BCUT2D eigenvalue weighted by molar-refractivity contribution is 0.170. The maximum atomic E-state index is 5.68. The van der Waals surface area contributed by atoms with Crippen LogP contribution in [0.2, 0.25) is 0 Å². The van der Waals surface area contributed by atoms with E-state index in [9.17, 15) is 0 Å². The number of hydrogen-bond donors (Lipinski definition) is 1. The van der Waals surface area contributed by atoms with Crippen LogP contribution in [0.3, 0.4) is 0 Å². The van der Waals surface area contributed by atoms with Crippen LogP contribution in [0.25, 0.3) is 0 Å². The van der Waals surface area contributed by atoms with Gasteiger partial charge in [-0.05, 0) is 18.8 Å². The Morgan fingerprint density at radius 2 is 1.31 bits per heavy atom. The van der Waals surface area contributed by atoms with Crippen molar-refractivity contribution in [3.05, 3.63) is 0 Å². The van der Waals surface area contributed by atoms with Gasteiger partial charge in [0, 0.05) is 25.7 Å². The molecule has 1 atom stereocenters. The number of hydrogen-bond acceptors (Lipinski definition) is 2. The summed E-state index contributed by atoms with van der Waals surface area (Å²) in [5.41, 5.74) is 5.68. The van der Waals surface area contributed by atoms with Gasteiger partial charge in [-0.15, -0.1) is 0 Å². The smallest absolute Gasteiger partial charge is 0.0190 e. The van der Waals surface area contributed by atoms with E-state index in [0.29, 0.717) is 6.04 Å². The highest BCUT2D eigenvalue weighted by Gasteiger charge is 2.14. The molecule has 0 radical (unpaired) electrons. The normalized spacial score (nSPS) is 14.5. The molecule has 0 aromatic heterocycles. The molecule has 80 valence electrons. The highest BCUT2D eigenvalue weighted by atomic mass is 15.2. The Hall–Kier alpha value is -0.0800. The minimum Gasteiger partial charge on any atom is -0.329 e. The maximum absolute atomic E-state index is 5.68. The summed E-state index contributed by atoms with van der Waals surface area (Å²) >= 11 is 0. The second kappa shape index (κ2) is 6.39. The first kappa shape index (κ1) is 12.9. The van der Waals surface area contributed by atoms with Crippen molar-refractivity contribution in [2.45, 2.75) is 40.7 Å². The summed E-state index contributed by atoms with van der Waals surface area (Å²) in [6.45, 7) is 14.3. The van der Waals surface area contributed by atoms with Crippen LogP contribution in [0.5, 0.6) is 0 Å². The Morgan fingerprint density at radius 3 is 1.54 bits per heavy atom. The van der Waals surface area contributed by atoms with Crippen LogP contribution in [0, 0.1) is 11.8 Å². The van der Waals surface area contributed by atoms with Gasteiger partial charge in [0.25, 0.3) is 0 Å². The van der Waals surface area contributed by atoms with Gasteiger partial charge in [-0.25, -0.2) is 0 Å². The van der Waals surface area contributed by atoms with Gasteiger partial charge in [-0.2, -0.15) is 0 Å². The first-order valence-corrected chi connectivity index (χ1v) is 5.41. The molecule has 2 nitrogen and oxygen atoms in total. The van der Waals surface area contributed by atoms with E-state index in [1.807, 2.05) is 0 Å². The minimum absolute atomic E-state index is 0.518. The lowest BCUT2D eigenvalue weighted by Crippen LogP contribution is -2.42. The maximum Gasteiger partial charge on any atom is 0.0190 e. The first-order chi connectivity index (χ1) is 5.97. The van der Waals surface area contributed by atoms with E-state index < -0.39 is 0 Å². The van der Waals surface area contributed by atoms with Crippen molar-refractivity contribution >= 4 is 0 Å². The Bertz CT molecular complexity index is 111. The van der Waals surface area contributed by atoms with Crippen LogP contribution in [-0.2, 0) is 0 Å². The zero-order valence-corrected chi connectivity index (χ0v) is 9.88. The van der Waals surface area contributed by atoms with Gasteiger partial charge in [0.1, 0.15) is 0 Å². The fourth-order valence-electron chi connectivity index (χ4n) is 1.52. The molecule has 2 heteroatoms. The monoisotopic (exact) mass is 186 g/mol. The third kappa shape index (κ3) is 6.05. The highest BCUT2D eigenvalue weighted by molar-refractivity contribution is 4.70. The quantitative estimate of drug-likeness (QED) is 0.687. The SMILES string of the molecule is CC(C)CN(CC(C)C)C(C)CN. The standard InChI is InChI=1S/C11H26N2/c1-9(2)7-13(8-10(3)4)11(5)6-12/h9-11H,6-8,12H2,1-5H3. The Kier molecular flexibility index (Phi) is 6.35. The first-order valence-electron chi connectivity index (χ1n) is 5.41. The molecule has 0 aliphatic carbocycles. The Labute approximate surface area is 83.5 Å². The molecule has 0 fully saturated rings. The van der Waals surface area contributed by atoms with E-state index >= 15 is 0 Å². The topological polar surface area (TPSA) is 29.3 Å². The van der Waals surface area contributed by atoms with Crippen molar-refractivity contribution in [2.24, 2.45) is 17.6 Å². The summed E-state index contributed by atoms with van der Waals surface area (Å²) in [6, 6.07) is 0.518. The van der Waals surface area contributed by atoms with Crippen molar-refractivity contribution in [3.63, 3.8) is 0 Å². The second-order valence-electron chi connectivity index (χ2n) is 4.83. The third-order valence-electron chi connectivity index (χ3n) is 2.16. The van der Waals surface area contributed by atoms with Crippen molar-refractivity contribution in [3.8, 4) is 0 Å². The number of rotatable bonds is 6. The average Bonchev–Trinajstić information content (AvgIpc) is 2.00. The largest absolute Gasteiger partial charge is 0.329 e. The van der Waals surface area contributed by atoms with Gasteiger partial charge < -0.3 is 5.73 Å². The molecule has 0 rings (SSSR count). The number of nitrogens with zero attached hydrogens (tertiary/aromatic N) is 1. The zero-order chi connectivity index (χ0) is 10.4. The van der Waals surface area contributed by atoms with Crippen LogP contribution in [-0.4, -0.2) is 30.6 Å². The van der Waals surface area contributed by atoms with Crippen LogP contribution in [0.4, 0.5) is 0 Å². The van der Waals surface area contributed by atoms with E-state index in [4.69, 9.17) is 5.73 Å². The Morgan fingerprint density at radius 1 is 0.923 bits per heavy atom.